The van der Waals surface area contributed by atoms with Crippen molar-refractivity contribution in [2.75, 3.05) is 29.4 Å². The predicted octanol–water partition coefficient (Wildman–Crippen LogP) is 2.85. The molecule has 0 aliphatic carbocycles. The quantitative estimate of drug-likeness (QED) is 0.593. The van der Waals surface area contributed by atoms with Crippen LogP contribution >= 0.6 is 0 Å². The van der Waals surface area contributed by atoms with Crippen molar-refractivity contribution in [2.24, 2.45) is 0 Å². The van der Waals surface area contributed by atoms with Gasteiger partial charge in [-0.1, -0.05) is 31.4 Å². The van der Waals surface area contributed by atoms with Crippen LogP contribution in [0.3, 0.4) is 0 Å². The zero-order chi connectivity index (χ0) is 24.2. The van der Waals surface area contributed by atoms with Crippen LogP contribution < -0.4 is 9.80 Å². The normalized spacial score (nSPS) is 17.3. The number of rotatable bonds is 8. The number of nitrogens with zero attached hydrogens (tertiary/aromatic N) is 6. The van der Waals surface area contributed by atoms with Crippen LogP contribution in [0, 0.1) is 6.92 Å². The Morgan fingerprint density at radius 2 is 1.97 bits per heavy atom. The highest BCUT2D eigenvalue weighted by Crippen LogP contribution is 2.27. The standard InChI is InChI=1S/C25H34N6O2/c1-7-9-19(8-2)12-21-20(16-32)18(4)24(29-28-21)30-10-11-31(17(3)15-30)23-14-26-22(13-27-23)25(5,6)33/h7-9,13-14,17,32-33H,1-2,10-12,15-16H2,3-6H3. The summed E-state index contributed by atoms with van der Waals surface area (Å²) in [5.41, 5.74) is 3.00. The lowest BCUT2D eigenvalue weighted by molar-refractivity contribution is 0.0734. The topological polar surface area (TPSA) is 98.5 Å². The molecule has 1 unspecified atom stereocenters. The fourth-order valence-electron chi connectivity index (χ4n) is 4.07. The van der Waals surface area contributed by atoms with Crippen LogP contribution in [-0.4, -0.2) is 56.1 Å². The van der Waals surface area contributed by atoms with Gasteiger partial charge in [0, 0.05) is 43.2 Å². The second-order valence-corrected chi connectivity index (χ2v) is 8.90. The van der Waals surface area contributed by atoms with E-state index in [2.05, 4.69) is 50.0 Å². The molecule has 8 nitrogen and oxygen atoms in total. The van der Waals surface area contributed by atoms with Crippen molar-refractivity contribution >= 4 is 11.6 Å². The Labute approximate surface area is 196 Å². The van der Waals surface area contributed by atoms with Gasteiger partial charge in [-0.25, -0.2) is 4.98 Å². The second-order valence-electron chi connectivity index (χ2n) is 8.90. The highest BCUT2D eigenvalue weighted by Gasteiger charge is 2.28. The van der Waals surface area contributed by atoms with E-state index in [-0.39, 0.29) is 12.6 Å². The molecular weight excluding hydrogens is 416 g/mol. The third-order valence-corrected chi connectivity index (χ3v) is 6.01. The Morgan fingerprint density at radius 3 is 2.52 bits per heavy atom. The van der Waals surface area contributed by atoms with Crippen LogP contribution in [0.1, 0.15) is 43.3 Å². The van der Waals surface area contributed by atoms with Gasteiger partial charge in [-0.15, -0.1) is 5.10 Å². The smallest absolute Gasteiger partial charge is 0.154 e. The zero-order valence-electron chi connectivity index (χ0n) is 20.0. The fourth-order valence-corrected chi connectivity index (χ4v) is 4.07. The first-order valence-electron chi connectivity index (χ1n) is 11.2. The molecule has 1 saturated heterocycles. The minimum absolute atomic E-state index is 0.0964. The largest absolute Gasteiger partial charge is 0.392 e. The highest BCUT2D eigenvalue weighted by atomic mass is 16.3. The zero-order valence-corrected chi connectivity index (χ0v) is 20.0. The molecule has 3 rings (SSSR count). The molecule has 3 heterocycles. The van der Waals surface area contributed by atoms with Crippen molar-refractivity contribution < 1.29 is 10.2 Å². The molecule has 1 aliphatic heterocycles. The first-order valence-corrected chi connectivity index (χ1v) is 11.2. The molecule has 1 atom stereocenters. The molecule has 0 radical (unpaired) electrons. The highest BCUT2D eigenvalue weighted by molar-refractivity contribution is 5.53. The van der Waals surface area contributed by atoms with E-state index in [4.69, 9.17) is 0 Å². The average molecular weight is 451 g/mol. The lowest BCUT2D eigenvalue weighted by Gasteiger charge is -2.41. The first-order chi connectivity index (χ1) is 15.7. The predicted molar refractivity (Wildman–Crippen MR) is 131 cm³/mol. The third kappa shape index (κ3) is 5.46. The van der Waals surface area contributed by atoms with Gasteiger partial charge in [0.05, 0.1) is 30.4 Å². The monoisotopic (exact) mass is 450 g/mol. The molecule has 2 aromatic rings. The van der Waals surface area contributed by atoms with Gasteiger partial charge >= 0.3 is 0 Å². The summed E-state index contributed by atoms with van der Waals surface area (Å²) >= 11 is 0. The van der Waals surface area contributed by atoms with Crippen LogP contribution in [0.5, 0.6) is 0 Å². The van der Waals surface area contributed by atoms with Crippen molar-refractivity contribution in [1.82, 2.24) is 20.2 Å². The van der Waals surface area contributed by atoms with Gasteiger partial charge in [0.15, 0.2) is 5.82 Å². The van der Waals surface area contributed by atoms with Crippen molar-refractivity contribution in [1.29, 1.82) is 0 Å². The van der Waals surface area contributed by atoms with Crippen LogP contribution in [0.2, 0.25) is 0 Å². The number of aliphatic hydroxyl groups is 2. The molecule has 2 aromatic heterocycles. The fraction of sp³-hybridized carbons (Fsp3) is 0.440. The van der Waals surface area contributed by atoms with E-state index >= 15 is 0 Å². The molecular formula is C25H34N6O2. The van der Waals surface area contributed by atoms with Crippen molar-refractivity contribution in [2.45, 2.75) is 52.4 Å². The van der Waals surface area contributed by atoms with E-state index < -0.39 is 5.60 Å². The number of anilines is 2. The maximum atomic E-state index is 10.1. The van der Waals surface area contributed by atoms with Gasteiger partial charge in [-0.3, -0.25) is 4.98 Å². The molecule has 0 bridgehead atoms. The minimum atomic E-state index is -1.02. The minimum Gasteiger partial charge on any atom is -0.392 e. The maximum absolute atomic E-state index is 10.1. The van der Waals surface area contributed by atoms with E-state index in [1.807, 2.05) is 13.0 Å². The first kappa shape index (κ1) is 24.5. The number of allylic oxidation sites excluding steroid dienone is 4. The summed E-state index contributed by atoms with van der Waals surface area (Å²) in [5, 5.41) is 29.2. The van der Waals surface area contributed by atoms with Crippen LogP contribution in [0.25, 0.3) is 0 Å². The summed E-state index contributed by atoms with van der Waals surface area (Å²) < 4.78 is 0. The Bertz CT molecular complexity index is 1030. The van der Waals surface area contributed by atoms with Gasteiger partial charge in [-0.05, 0) is 33.3 Å². The summed E-state index contributed by atoms with van der Waals surface area (Å²) in [6.07, 6.45) is 9.27. The lowest BCUT2D eigenvalue weighted by Crippen LogP contribution is -2.53. The average Bonchev–Trinajstić information content (AvgIpc) is 2.78. The van der Waals surface area contributed by atoms with Crippen LogP contribution in [0.15, 0.2) is 49.4 Å². The summed E-state index contributed by atoms with van der Waals surface area (Å²) in [6.45, 7) is 17.2. The summed E-state index contributed by atoms with van der Waals surface area (Å²) in [7, 11) is 0. The van der Waals surface area contributed by atoms with Crippen molar-refractivity contribution in [3.05, 3.63) is 71.9 Å². The molecule has 0 spiro atoms. The SMILES string of the molecule is C=CC=C(C=C)Cc1nnc(N2CCN(c3cnc(C(C)(C)O)cn3)C(C)C2)c(C)c1CO. The van der Waals surface area contributed by atoms with E-state index in [1.165, 1.54) is 0 Å². The number of piperazine rings is 1. The molecule has 1 fully saturated rings. The Morgan fingerprint density at radius 1 is 1.21 bits per heavy atom. The second kappa shape index (κ2) is 10.2. The Balaban J connectivity index is 1.78. The molecule has 1 aliphatic rings. The lowest BCUT2D eigenvalue weighted by atomic mass is 10.0. The molecule has 0 aromatic carbocycles. The van der Waals surface area contributed by atoms with Gasteiger partial charge < -0.3 is 20.0 Å². The number of aromatic nitrogens is 4. The van der Waals surface area contributed by atoms with Crippen LogP contribution in [0.4, 0.5) is 11.6 Å². The number of aliphatic hydroxyl groups excluding tert-OH is 1. The van der Waals surface area contributed by atoms with Crippen molar-refractivity contribution in [3.8, 4) is 0 Å². The van der Waals surface area contributed by atoms with Gasteiger partial charge in [0.1, 0.15) is 11.4 Å². The molecule has 0 amide bonds. The molecule has 2 N–H and O–H groups in total. The van der Waals surface area contributed by atoms with E-state index in [0.717, 1.165) is 53.7 Å². The van der Waals surface area contributed by atoms with E-state index in [9.17, 15) is 10.2 Å². The number of hydrogen-bond acceptors (Lipinski definition) is 8. The van der Waals surface area contributed by atoms with Gasteiger partial charge in [0.25, 0.3) is 0 Å². The molecule has 33 heavy (non-hydrogen) atoms. The van der Waals surface area contributed by atoms with E-state index in [0.29, 0.717) is 12.1 Å². The third-order valence-electron chi connectivity index (χ3n) is 6.01. The summed E-state index contributed by atoms with van der Waals surface area (Å²) in [5.74, 6) is 1.58. The number of hydrogen-bond donors (Lipinski definition) is 2. The summed E-state index contributed by atoms with van der Waals surface area (Å²) in [4.78, 5) is 13.3. The van der Waals surface area contributed by atoms with Gasteiger partial charge in [-0.2, -0.15) is 5.10 Å². The summed E-state index contributed by atoms with van der Waals surface area (Å²) in [6, 6.07) is 0.169. The molecule has 0 saturated carbocycles. The molecule has 176 valence electrons. The van der Waals surface area contributed by atoms with Gasteiger partial charge in [0.2, 0.25) is 0 Å². The van der Waals surface area contributed by atoms with Crippen LogP contribution in [-0.2, 0) is 18.6 Å². The Hall–Kier alpha value is -3.10. The van der Waals surface area contributed by atoms with E-state index in [1.54, 1.807) is 38.4 Å². The molecule has 8 heteroatoms. The Kier molecular flexibility index (Phi) is 7.61. The maximum Gasteiger partial charge on any atom is 0.154 e. The van der Waals surface area contributed by atoms with Crippen molar-refractivity contribution in [3.63, 3.8) is 0 Å².